The molecule has 0 saturated heterocycles. The molecule has 0 aliphatic heterocycles. The zero-order valence-corrected chi connectivity index (χ0v) is 24.6. The number of likely N-dealkylation sites (N-methyl/N-ethyl adjacent to an activating group) is 2. The smallest absolute Gasteiger partial charge is 0.337 e. The lowest BCUT2D eigenvalue weighted by molar-refractivity contribution is 0.0698. The van der Waals surface area contributed by atoms with Crippen LogP contribution in [0, 0.1) is 5.82 Å². The molecule has 0 aliphatic carbocycles. The number of aromatic nitrogens is 3. The molecule has 0 radical (unpaired) electrons. The van der Waals surface area contributed by atoms with Crippen LogP contribution >= 0.6 is 11.6 Å². The average Bonchev–Trinajstić information content (AvgIpc) is 2.97. The van der Waals surface area contributed by atoms with Crippen LogP contribution in [-0.4, -0.2) is 90.2 Å². The number of hydrogen-bond donors (Lipinski definition) is 2. The van der Waals surface area contributed by atoms with E-state index in [2.05, 4.69) is 45.9 Å². The first-order chi connectivity index (χ1) is 20.0. The van der Waals surface area contributed by atoms with Crippen molar-refractivity contribution in [1.29, 1.82) is 0 Å². The molecule has 13 heteroatoms. The van der Waals surface area contributed by atoms with Gasteiger partial charge >= 0.3 is 5.97 Å². The van der Waals surface area contributed by atoms with Gasteiger partial charge in [0.05, 0.1) is 30.3 Å². The van der Waals surface area contributed by atoms with E-state index in [9.17, 15) is 19.1 Å². The van der Waals surface area contributed by atoms with Crippen LogP contribution in [0.5, 0.6) is 11.5 Å². The van der Waals surface area contributed by atoms with E-state index in [-0.39, 0.29) is 44.2 Å². The van der Waals surface area contributed by atoms with Crippen molar-refractivity contribution < 1.29 is 28.6 Å². The summed E-state index contributed by atoms with van der Waals surface area (Å²) in [6.45, 7) is 2.83. The second kappa shape index (κ2) is 14.5. The maximum Gasteiger partial charge on any atom is 0.337 e. The van der Waals surface area contributed by atoms with Gasteiger partial charge in [-0.25, -0.2) is 9.18 Å². The SMILES string of the molecule is CN(C)CCN(C)Cc1ccc(C(N)=O)nc1.COc1cc(OC)c(Cl)c(-c2ccc(C(=O)O)c3nccnc23)c1F. The molecule has 4 rings (SSSR count). The zero-order valence-electron chi connectivity index (χ0n) is 23.9. The van der Waals surface area contributed by atoms with E-state index >= 15 is 0 Å². The van der Waals surface area contributed by atoms with Crippen molar-refractivity contribution in [2.24, 2.45) is 5.73 Å². The average molecular weight is 599 g/mol. The number of carboxylic acids is 1. The number of carboxylic acid groups (broad SMARTS) is 1. The molecule has 0 bridgehead atoms. The molecular weight excluding hydrogens is 567 g/mol. The zero-order chi connectivity index (χ0) is 31.0. The van der Waals surface area contributed by atoms with Crippen molar-refractivity contribution in [3.63, 3.8) is 0 Å². The third-order valence-electron chi connectivity index (χ3n) is 6.16. The van der Waals surface area contributed by atoms with Crippen LogP contribution in [0.2, 0.25) is 5.02 Å². The largest absolute Gasteiger partial charge is 0.495 e. The van der Waals surface area contributed by atoms with Crippen LogP contribution in [0.3, 0.4) is 0 Å². The number of aromatic carboxylic acids is 1. The molecule has 0 atom stereocenters. The van der Waals surface area contributed by atoms with Gasteiger partial charge in [-0.15, -0.1) is 0 Å². The monoisotopic (exact) mass is 598 g/mol. The van der Waals surface area contributed by atoms with Crippen LogP contribution in [0.1, 0.15) is 26.4 Å². The summed E-state index contributed by atoms with van der Waals surface area (Å²) >= 11 is 6.30. The van der Waals surface area contributed by atoms with Gasteiger partial charge in [-0.1, -0.05) is 23.7 Å². The Morgan fingerprint density at radius 2 is 1.64 bits per heavy atom. The number of benzene rings is 2. The highest BCUT2D eigenvalue weighted by atomic mass is 35.5. The second-order valence-corrected chi connectivity index (χ2v) is 9.84. The van der Waals surface area contributed by atoms with Crippen LogP contribution in [0.15, 0.2) is 48.9 Å². The predicted octanol–water partition coefficient (Wildman–Crippen LogP) is 3.98. The summed E-state index contributed by atoms with van der Waals surface area (Å²) in [5, 5.41) is 9.33. The Hall–Kier alpha value is -4.39. The molecule has 0 aliphatic rings. The highest BCUT2D eigenvalue weighted by Gasteiger charge is 2.24. The Morgan fingerprint density at radius 1 is 0.976 bits per heavy atom. The number of rotatable bonds is 10. The molecule has 42 heavy (non-hydrogen) atoms. The summed E-state index contributed by atoms with van der Waals surface area (Å²) < 4.78 is 25.1. The number of primary amides is 1. The number of amides is 1. The minimum absolute atomic E-state index is 0.000283. The van der Waals surface area contributed by atoms with Gasteiger partial charge in [0.15, 0.2) is 11.6 Å². The third-order valence-corrected chi connectivity index (χ3v) is 6.53. The lowest BCUT2D eigenvalue weighted by Gasteiger charge is -2.19. The lowest BCUT2D eigenvalue weighted by atomic mass is 9.99. The van der Waals surface area contributed by atoms with E-state index in [1.807, 2.05) is 6.07 Å². The number of pyridine rings is 1. The molecule has 4 aromatic rings. The minimum atomic E-state index is -1.16. The Morgan fingerprint density at radius 3 is 2.19 bits per heavy atom. The van der Waals surface area contributed by atoms with Crippen LogP contribution < -0.4 is 15.2 Å². The fourth-order valence-corrected chi connectivity index (χ4v) is 4.29. The van der Waals surface area contributed by atoms with Crippen LogP contribution in [0.25, 0.3) is 22.2 Å². The van der Waals surface area contributed by atoms with Crippen molar-refractivity contribution in [2.45, 2.75) is 6.54 Å². The molecule has 1 amide bonds. The maximum atomic E-state index is 14.9. The van der Waals surface area contributed by atoms with Gasteiger partial charge in [-0.2, -0.15) is 0 Å². The second-order valence-electron chi connectivity index (χ2n) is 9.46. The van der Waals surface area contributed by atoms with Crippen molar-refractivity contribution >= 4 is 34.5 Å². The lowest BCUT2D eigenvalue weighted by Crippen LogP contribution is -2.28. The summed E-state index contributed by atoms with van der Waals surface area (Å²) in [5.41, 5.74) is 7.10. The topological polar surface area (TPSA) is 144 Å². The molecule has 222 valence electrons. The van der Waals surface area contributed by atoms with Gasteiger partial charge < -0.3 is 30.1 Å². The van der Waals surface area contributed by atoms with E-state index in [4.69, 9.17) is 26.8 Å². The molecule has 0 unspecified atom stereocenters. The fourth-order valence-electron chi connectivity index (χ4n) is 3.98. The van der Waals surface area contributed by atoms with E-state index < -0.39 is 17.7 Å². The summed E-state index contributed by atoms with van der Waals surface area (Å²) in [4.78, 5) is 38.8. The van der Waals surface area contributed by atoms with E-state index in [1.165, 1.54) is 44.8 Å². The summed E-state index contributed by atoms with van der Waals surface area (Å²) in [6, 6.07) is 7.65. The van der Waals surface area contributed by atoms with Gasteiger partial charge in [-0.3, -0.25) is 19.7 Å². The Balaban J connectivity index is 0.000000250. The van der Waals surface area contributed by atoms with Gasteiger partial charge in [0.1, 0.15) is 17.0 Å². The van der Waals surface area contributed by atoms with E-state index in [1.54, 1.807) is 12.3 Å². The highest BCUT2D eigenvalue weighted by molar-refractivity contribution is 6.35. The third kappa shape index (κ3) is 7.66. The molecule has 3 N–H and O–H groups in total. The number of carbonyl (C=O) groups excluding carboxylic acids is 1. The fraction of sp³-hybridized carbons (Fsp3) is 0.276. The summed E-state index contributed by atoms with van der Waals surface area (Å²) in [6.07, 6.45) is 4.45. The van der Waals surface area contributed by atoms with Crippen LogP contribution in [-0.2, 0) is 6.54 Å². The number of methoxy groups -OCH3 is 2. The number of halogens is 2. The number of hydrogen-bond acceptors (Lipinski definition) is 9. The number of ether oxygens (including phenoxy) is 2. The summed E-state index contributed by atoms with van der Waals surface area (Å²) in [5.74, 6) is -2.20. The standard InChI is InChI=1S/C17H12ClFN2O4.C12H20N4O/c1-24-10-7-11(25-2)14(19)12(13(10)18)8-3-4-9(17(22)23)16-15(8)20-5-6-21-16;1-15(2)6-7-16(3)9-10-4-5-11(12(13)17)14-8-10/h3-7H,1-2H3,(H,22,23);4-5,8H,6-7,9H2,1-3H3,(H2,13,17). The van der Waals surface area contributed by atoms with Gasteiger partial charge in [0.2, 0.25) is 0 Å². The molecule has 0 saturated carbocycles. The first-order valence-corrected chi connectivity index (χ1v) is 13.0. The van der Waals surface area contributed by atoms with Crippen molar-refractivity contribution in [2.75, 3.05) is 48.5 Å². The molecule has 2 aromatic carbocycles. The number of fused-ring (bicyclic) bond motifs is 1. The number of nitrogens with two attached hydrogens (primary N) is 1. The number of carbonyl (C=O) groups is 2. The minimum Gasteiger partial charge on any atom is -0.495 e. The quantitative estimate of drug-likeness (QED) is 0.275. The summed E-state index contributed by atoms with van der Waals surface area (Å²) in [7, 11) is 8.88. The molecule has 11 nitrogen and oxygen atoms in total. The molecule has 0 spiro atoms. The molecule has 2 heterocycles. The molecule has 2 aromatic heterocycles. The maximum absolute atomic E-state index is 14.9. The van der Waals surface area contributed by atoms with Gasteiger partial charge in [-0.05, 0) is 38.8 Å². The van der Waals surface area contributed by atoms with Crippen molar-refractivity contribution in [3.8, 4) is 22.6 Å². The normalized spacial score (nSPS) is 10.9. The van der Waals surface area contributed by atoms with Gasteiger partial charge in [0.25, 0.3) is 5.91 Å². The van der Waals surface area contributed by atoms with Crippen molar-refractivity contribution in [3.05, 3.63) is 76.6 Å². The number of nitrogens with zero attached hydrogens (tertiary/aromatic N) is 5. The van der Waals surface area contributed by atoms with Gasteiger partial charge in [0, 0.05) is 55.4 Å². The predicted molar refractivity (Wildman–Crippen MR) is 158 cm³/mol. The van der Waals surface area contributed by atoms with E-state index in [0.29, 0.717) is 5.69 Å². The molecule has 0 fully saturated rings. The van der Waals surface area contributed by atoms with Crippen molar-refractivity contribution in [1.82, 2.24) is 24.8 Å². The molecular formula is C29H32ClFN6O5. The van der Waals surface area contributed by atoms with Crippen LogP contribution in [0.4, 0.5) is 4.39 Å². The highest BCUT2D eigenvalue weighted by Crippen LogP contribution is 2.43. The Labute approximate surface area is 247 Å². The Kier molecular flexibility index (Phi) is 11.1. The Bertz CT molecular complexity index is 1540. The van der Waals surface area contributed by atoms with E-state index in [0.717, 1.165) is 25.2 Å². The first-order valence-electron chi connectivity index (χ1n) is 12.6. The first kappa shape index (κ1) is 32.1.